The van der Waals surface area contributed by atoms with Gasteiger partial charge in [-0.2, -0.15) is 0 Å². The van der Waals surface area contributed by atoms with Crippen molar-refractivity contribution in [1.82, 2.24) is 24.5 Å². The highest BCUT2D eigenvalue weighted by Crippen LogP contribution is 2.34. The number of ether oxygens (including phenoxy) is 1. The minimum absolute atomic E-state index is 0.00975. The Bertz CT molecular complexity index is 1670. The van der Waals surface area contributed by atoms with Gasteiger partial charge in [0.05, 0.1) is 15.4 Å². The van der Waals surface area contributed by atoms with Crippen LogP contribution in [0.15, 0.2) is 45.3 Å². The molecule has 3 saturated heterocycles. The molecule has 14 nitrogen and oxygen atoms in total. The first-order valence-corrected chi connectivity index (χ1v) is 19.9. The third-order valence-electron chi connectivity index (χ3n) is 10.8. The first kappa shape index (κ1) is 38.8. The quantitative estimate of drug-likeness (QED) is 0.329. The predicted octanol–water partition coefficient (Wildman–Crippen LogP) is 4.52. The van der Waals surface area contributed by atoms with Gasteiger partial charge in [0.1, 0.15) is 5.75 Å². The summed E-state index contributed by atoms with van der Waals surface area (Å²) in [5.74, 6) is -1.36. The average molecular weight is 863 g/mol. The number of carbonyl (C=O) groups is 5. The molecule has 4 aliphatic heterocycles. The minimum Gasteiger partial charge on any atom is -0.506 e. The molecule has 5 amide bonds. The Kier molecular flexibility index (Phi) is 12.8. The zero-order valence-electron chi connectivity index (χ0n) is 29.6. The molecule has 0 unspecified atom stereocenters. The predicted molar refractivity (Wildman–Crippen MR) is 203 cm³/mol. The third kappa shape index (κ3) is 9.62. The lowest BCUT2D eigenvalue weighted by atomic mass is 10.0. The molecule has 286 valence electrons. The Morgan fingerprint density at radius 3 is 2.09 bits per heavy atom. The van der Waals surface area contributed by atoms with E-state index >= 15 is 0 Å². The van der Waals surface area contributed by atoms with Gasteiger partial charge in [0, 0.05) is 89.5 Å². The molecule has 0 aliphatic carbocycles. The van der Waals surface area contributed by atoms with Crippen molar-refractivity contribution in [2.24, 2.45) is 0 Å². The van der Waals surface area contributed by atoms with Crippen LogP contribution in [0.1, 0.15) is 49.7 Å². The zero-order valence-corrected chi connectivity index (χ0v) is 32.7. The summed E-state index contributed by atoms with van der Waals surface area (Å²) in [6, 6.07) is 11.3. The number of carboxylic acids is 1. The number of urea groups is 1. The van der Waals surface area contributed by atoms with Gasteiger partial charge in [-0.05, 0) is 93.3 Å². The second-order valence-corrected chi connectivity index (χ2v) is 15.8. The van der Waals surface area contributed by atoms with Gasteiger partial charge < -0.3 is 39.9 Å². The third-order valence-corrected chi connectivity index (χ3v) is 12.0. The van der Waals surface area contributed by atoms with Crippen LogP contribution in [0, 0.1) is 0 Å². The van der Waals surface area contributed by atoms with Crippen LogP contribution in [-0.2, 0) is 32.0 Å². The largest absolute Gasteiger partial charge is 0.506 e. The van der Waals surface area contributed by atoms with Gasteiger partial charge in [-0.25, -0.2) is 9.59 Å². The van der Waals surface area contributed by atoms with E-state index in [2.05, 4.69) is 42.1 Å². The molecule has 1 atom stereocenters. The van der Waals surface area contributed by atoms with Gasteiger partial charge in [-0.3, -0.25) is 19.3 Å². The lowest BCUT2D eigenvalue weighted by Gasteiger charge is -2.43. The summed E-state index contributed by atoms with van der Waals surface area (Å²) in [5, 5.41) is 22.2. The van der Waals surface area contributed by atoms with E-state index in [1.54, 1.807) is 26.8 Å². The maximum atomic E-state index is 14.1. The first-order chi connectivity index (χ1) is 25.5. The Labute approximate surface area is 325 Å². The van der Waals surface area contributed by atoms with E-state index in [0.717, 1.165) is 30.5 Å². The van der Waals surface area contributed by atoms with Crippen molar-refractivity contribution in [3.05, 3.63) is 56.5 Å². The number of carboxylic acid groups (broad SMARTS) is 1. The molecule has 6 rings (SSSR count). The van der Waals surface area contributed by atoms with Gasteiger partial charge in [0.2, 0.25) is 5.91 Å². The number of phenolic OH excluding ortho intramolecular Hbond substituents is 1. The van der Waals surface area contributed by atoms with Crippen LogP contribution in [-0.4, -0.2) is 142 Å². The number of hydrogen-bond donors (Lipinski definition) is 3. The van der Waals surface area contributed by atoms with Crippen LogP contribution >= 0.6 is 31.9 Å². The Morgan fingerprint density at radius 2 is 1.43 bits per heavy atom. The van der Waals surface area contributed by atoms with Crippen molar-refractivity contribution in [1.29, 1.82) is 0 Å². The molecule has 0 saturated carbocycles. The smallest absolute Gasteiger partial charge is 0.410 e. The zero-order chi connectivity index (χ0) is 37.6. The number of benzene rings is 2. The van der Waals surface area contributed by atoms with E-state index in [0.29, 0.717) is 86.3 Å². The molecular formula is C37H46Br2N6O8. The van der Waals surface area contributed by atoms with Crippen LogP contribution in [0.5, 0.6) is 5.75 Å². The van der Waals surface area contributed by atoms with Crippen LogP contribution in [0.25, 0.3) is 0 Å². The molecule has 0 bridgehead atoms. The number of phenols is 1. The monoisotopic (exact) mass is 860 g/mol. The van der Waals surface area contributed by atoms with Gasteiger partial charge >= 0.3 is 18.1 Å². The number of piperazine rings is 1. The SMILES string of the molecule is O=C(O)CCC(=O)N1CCC(N2CCN(C(=O)[C@@H](Cc3cc(Br)c(O)c(Br)c3)OC(=O)N3CCC(N4CCc5ccccc5NC4=O)CC3)CC2)CC1. The maximum absolute atomic E-state index is 14.1. The average Bonchev–Trinajstić information content (AvgIpc) is 3.33. The molecule has 2 aromatic rings. The van der Waals surface area contributed by atoms with Gasteiger partial charge in [-0.15, -0.1) is 0 Å². The minimum atomic E-state index is -1.09. The van der Waals surface area contributed by atoms with Crippen molar-refractivity contribution in [3.63, 3.8) is 0 Å². The number of fused-ring (bicyclic) bond motifs is 1. The number of nitrogens with zero attached hydrogens (tertiary/aromatic N) is 5. The molecule has 0 spiro atoms. The fraction of sp³-hybridized carbons (Fsp3) is 0.541. The number of anilines is 1. The van der Waals surface area contributed by atoms with E-state index in [1.165, 1.54) is 0 Å². The van der Waals surface area contributed by atoms with E-state index in [1.807, 2.05) is 29.2 Å². The molecule has 16 heteroatoms. The number of likely N-dealkylation sites (tertiary alicyclic amines) is 2. The Balaban J connectivity index is 1.04. The summed E-state index contributed by atoms with van der Waals surface area (Å²) in [6.45, 7) is 4.73. The van der Waals surface area contributed by atoms with E-state index in [4.69, 9.17) is 9.84 Å². The fourth-order valence-corrected chi connectivity index (χ4v) is 9.07. The Morgan fingerprint density at radius 1 is 0.811 bits per heavy atom. The van der Waals surface area contributed by atoms with Crippen LogP contribution in [0.4, 0.5) is 15.3 Å². The standard InChI is InChI=1S/C37H46Br2N6O8/c38-28-21-24(22-29(39)34(28)49)23-31(35(50)43-19-17-41(18-20-43)26-8-12-42(13-9-26)32(46)5-6-33(47)48)53-37(52)44-14-10-27(11-15-44)45-16-7-25-3-1-2-4-30(25)40-36(45)51/h1-4,21-22,26-27,31,49H,5-20,23H2,(H,40,51)(H,47,48)/t31-/m1/s1. The number of aliphatic carboxylic acids is 1. The highest BCUT2D eigenvalue weighted by molar-refractivity contribution is 9.11. The molecule has 4 heterocycles. The van der Waals surface area contributed by atoms with Gasteiger partial charge in [-0.1, -0.05) is 18.2 Å². The summed E-state index contributed by atoms with van der Waals surface area (Å²) in [7, 11) is 0. The summed E-state index contributed by atoms with van der Waals surface area (Å²) in [5.41, 5.74) is 2.62. The van der Waals surface area contributed by atoms with Crippen molar-refractivity contribution >= 4 is 67.5 Å². The van der Waals surface area contributed by atoms with Crippen molar-refractivity contribution < 1.29 is 38.9 Å². The lowest BCUT2D eigenvalue weighted by molar-refractivity contribution is -0.143. The highest BCUT2D eigenvalue weighted by Gasteiger charge is 2.37. The second-order valence-electron chi connectivity index (χ2n) is 14.1. The molecule has 0 aromatic heterocycles. The summed E-state index contributed by atoms with van der Waals surface area (Å²) >= 11 is 6.73. The highest BCUT2D eigenvalue weighted by atomic mass is 79.9. The van der Waals surface area contributed by atoms with Crippen LogP contribution < -0.4 is 5.32 Å². The Hall–Kier alpha value is -3.89. The first-order valence-electron chi connectivity index (χ1n) is 18.3. The topological polar surface area (TPSA) is 163 Å². The van der Waals surface area contributed by atoms with Crippen molar-refractivity contribution in [3.8, 4) is 5.75 Å². The number of piperidine rings is 2. The number of para-hydroxylation sites is 1. The molecule has 0 radical (unpaired) electrons. The molecule has 3 N–H and O–H groups in total. The van der Waals surface area contributed by atoms with Crippen molar-refractivity contribution in [2.75, 3.05) is 64.2 Å². The summed E-state index contributed by atoms with van der Waals surface area (Å²) < 4.78 is 6.92. The molecule has 3 fully saturated rings. The summed E-state index contributed by atoms with van der Waals surface area (Å²) in [6.07, 6.45) is 1.78. The number of halogens is 2. The van der Waals surface area contributed by atoms with E-state index in [9.17, 15) is 29.1 Å². The lowest BCUT2D eigenvalue weighted by Crippen LogP contribution is -2.57. The molecule has 2 aromatic carbocycles. The van der Waals surface area contributed by atoms with E-state index < -0.39 is 18.2 Å². The fourth-order valence-electron chi connectivity index (χ4n) is 7.79. The normalized spacial score (nSPS) is 19.6. The molecule has 53 heavy (non-hydrogen) atoms. The summed E-state index contributed by atoms with van der Waals surface area (Å²) in [4.78, 5) is 73.4. The number of rotatable bonds is 9. The van der Waals surface area contributed by atoms with E-state index in [-0.39, 0.29) is 54.9 Å². The number of carbonyl (C=O) groups excluding carboxylic acids is 4. The number of amides is 5. The number of nitrogens with one attached hydrogen (secondary N) is 1. The molecular weight excluding hydrogens is 816 g/mol. The van der Waals surface area contributed by atoms with Crippen molar-refractivity contribution in [2.45, 2.75) is 69.6 Å². The van der Waals surface area contributed by atoms with Crippen LogP contribution in [0.2, 0.25) is 0 Å². The van der Waals surface area contributed by atoms with Crippen LogP contribution in [0.3, 0.4) is 0 Å². The van der Waals surface area contributed by atoms with Gasteiger partial charge in [0.25, 0.3) is 5.91 Å². The number of aromatic hydroxyl groups is 1. The van der Waals surface area contributed by atoms with Gasteiger partial charge in [0.15, 0.2) is 6.10 Å². The second kappa shape index (κ2) is 17.5. The maximum Gasteiger partial charge on any atom is 0.410 e. The number of hydrogen-bond acceptors (Lipinski definition) is 8. The molecule has 4 aliphatic rings.